The number of fused-ring (bicyclic) bond motifs is 4. The van der Waals surface area contributed by atoms with Crippen LogP contribution in [0.3, 0.4) is 0 Å². The number of nitrogens with one attached hydrogen (secondary N) is 2. The van der Waals surface area contributed by atoms with E-state index in [2.05, 4.69) is 169 Å². The highest BCUT2D eigenvalue weighted by Gasteiger charge is 2.26. The molecule has 1 aliphatic carbocycles. The van der Waals surface area contributed by atoms with E-state index in [9.17, 15) is 10.8 Å². The van der Waals surface area contributed by atoms with Crippen LogP contribution in [0.5, 0.6) is 0 Å². The molecule has 1 aliphatic rings. The Morgan fingerprint density at radius 1 is 0.344 bits per heavy atom. The second kappa shape index (κ2) is 15.9. The van der Waals surface area contributed by atoms with E-state index in [1.54, 1.807) is 12.4 Å². The van der Waals surface area contributed by atoms with Crippen molar-refractivity contribution in [1.82, 2.24) is 4.98 Å². The van der Waals surface area contributed by atoms with Crippen LogP contribution in [0.25, 0.3) is 87.6 Å². The minimum atomic E-state index is 0.211. The zero-order valence-corrected chi connectivity index (χ0v) is 33.3. The number of nitrogen functional groups attached to an aromatic ring is 1. The van der Waals surface area contributed by atoms with Crippen molar-refractivity contribution < 1.29 is 0 Å². The maximum Gasteiger partial charge on any atom is 0.0868 e. The van der Waals surface area contributed by atoms with E-state index in [1.165, 1.54) is 27.5 Å². The van der Waals surface area contributed by atoms with Crippen molar-refractivity contribution in [3.63, 3.8) is 0 Å². The van der Waals surface area contributed by atoms with Gasteiger partial charge in [0.25, 0.3) is 0 Å². The summed E-state index contributed by atoms with van der Waals surface area (Å²) in [6.45, 7) is 0. The van der Waals surface area contributed by atoms with Gasteiger partial charge in [0, 0.05) is 23.7 Å². The summed E-state index contributed by atoms with van der Waals surface area (Å²) in [7, 11) is 0. The van der Waals surface area contributed by atoms with Crippen LogP contribution in [-0.4, -0.2) is 16.4 Å². The van der Waals surface area contributed by atoms with Crippen LogP contribution in [0.1, 0.15) is 11.1 Å². The summed E-state index contributed by atoms with van der Waals surface area (Å²) in [4.78, 5) is 3.96. The van der Waals surface area contributed by atoms with Gasteiger partial charge >= 0.3 is 0 Å². The van der Waals surface area contributed by atoms with Gasteiger partial charge in [-0.15, -0.1) is 0 Å². The van der Waals surface area contributed by atoms with E-state index >= 15 is 0 Å². The summed E-state index contributed by atoms with van der Waals surface area (Å²) in [6, 6.07) is 67.2. The van der Waals surface area contributed by atoms with Gasteiger partial charge < -0.3 is 5.73 Å². The molecule has 0 unspecified atom stereocenters. The highest BCUT2D eigenvalue weighted by atomic mass is 14.6. The summed E-state index contributed by atoms with van der Waals surface area (Å²) in [6.07, 6.45) is 7.59. The quantitative estimate of drug-likeness (QED) is 0.0923. The van der Waals surface area contributed by atoms with Crippen LogP contribution in [0, 0.1) is 10.8 Å². The molecular formula is C57H40N4. The molecule has 0 fully saturated rings. The Labute approximate surface area is 354 Å². The Bertz CT molecular complexity index is 3270. The van der Waals surface area contributed by atoms with E-state index in [4.69, 9.17) is 5.73 Å². The SMILES string of the molecule is N=C1C=C(c2c3ccccc3c(-c3ccccc3)c3ccccc23)C=C(c2c3ccccc3c(-c3ccccc3)c3ccccc23)C1=N.Nc1cccc(-c2ccncc2)c1. The molecule has 0 spiro atoms. The molecule has 0 bridgehead atoms. The van der Waals surface area contributed by atoms with Gasteiger partial charge in [0.15, 0.2) is 0 Å². The van der Waals surface area contributed by atoms with Crippen molar-refractivity contribution >= 4 is 71.3 Å². The number of nitrogens with zero attached hydrogens (tertiary/aromatic N) is 1. The van der Waals surface area contributed by atoms with E-state index in [1.807, 2.05) is 42.5 Å². The minimum Gasteiger partial charge on any atom is -0.399 e. The summed E-state index contributed by atoms with van der Waals surface area (Å²) < 4.78 is 0. The second-order valence-electron chi connectivity index (χ2n) is 15.2. The van der Waals surface area contributed by atoms with Crippen LogP contribution in [0.4, 0.5) is 5.69 Å². The fraction of sp³-hybridized carbons (Fsp3) is 0. The highest BCUT2D eigenvalue weighted by molar-refractivity contribution is 6.62. The molecule has 0 amide bonds. The van der Waals surface area contributed by atoms with E-state index in [0.717, 1.165) is 77.0 Å². The Hall–Kier alpha value is -8.21. The van der Waals surface area contributed by atoms with Crippen molar-refractivity contribution in [2.75, 3.05) is 5.73 Å². The van der Waals surface area contributed by atoms with Crippen LogP contribution >= 0.6 is 0 Å². The molecule has 4 heteroatoms. The fourth-order valence-electron chi connectivity index (χ4n) is 8.94. The molecule has 11 rings (SSSR count). The molecule has 0 saturated heterocycles. The topological polar surface area (TPSA) is 86.6 Å². The maximum atomic E-state index is 9.35. The lowest BCUT2D eigenvalue weighted by molar-refractivity contribution is 1.33. The lowest BCUT2D eigenvalue weighted by Crippen LogP contribution is -2.16. The molecule has 1 aromatic heterocycles. The second-order valence-corrected chi connectivity index (χ2v) is 15.2. The molecule has 4 N–H and O–H groups in total. The molecule has 10 aromatic rings. The molecular weight excluding hydrogens is 741 g/mol. The van der Waals surface area contributed by atoms with E-state index in [0.29, 0.717) is 0 Å². The van der Waals surface area contributed by atoms with Gasteiger partial charge in [0.2, 0.25) is 0 Å². The van der Waals surface area contributed by atoms with Crippen LogP contribution in [0.15, 0.2) is 219 Å². The van der Waals surface area contributed by atoms with Gasteiger partial charge in [-0.1, -0.05) is 170 Å². The lowest BCUT2D eigenvalue weighted by atomic mass is 9.79. The van der Waals surface area contributed by atoms with Gasteiger partial charge in [-0.3, -0.25) is 15.8 Å². The van der Waals surface area contributed by atoms with Gasteiger partial charge in [-0.05, 0) is 130 Å². The standard InChI is InChI=1S/C46H30N2.C11H10N2/c47-41-28-31(44-34-21-9-7-19-32(34)42(29-15-3-1-4-16-29)33-20-8-10-22-35(33)44)27-40(46(41)48)45-38-25-13-11-23-36(38)43(30-17-5-2-6-18-30)37-24-12-14-26-39(37)45;12-11-3-1-2-10(8-11)9-4-6-13-7-5-9/h1-28,47-48H;1-8H,12H2. The number of aromatic nitrogens is 1. The number of benzene rings is 9. The summed E-state index contributed by atoms with van der Waals surface area (Å²) in [5, 5.41) is 27.6. The first kappa shape index (κ1) is 37.1. The predicted molar refractivity (Wildman–Crippen MR) is 259 cm³/mol. The Balaban J connectivity index is 0.000000293. The Morgan fingerprint density at radius 2 is 0.738 bits per heavy atom. The number of allylic oxidation sites excluding steroid dienone is 4. The molecule has 0 radical (unpaired) electrons. The number of nitrogens with two attached hydrogens (primary N) is 1. The predicted octanol–water partition coefficient (Wildman–Crippen LogP) is 14.5. The van der Waals surface area contributed by atoms with Gasteiger partial charge in [0.05, 0.1) is 11.4 Å². The normalized spacial score (nSPS) is 12.6. The Kier molecular flexibility index (Phi) is 9.64. The molecule has 4 nitrogen and oxygen atoms in total. The molecule has 0 atom stereocenters. The van der Waals surface area contributed by atoms with Gasteiger partial charge in [-0.25, -0.2) is 0 Å². The summed E-state index contributed by atoms with van der Waals surface area (Å²) in [5.74, 6) is 0. The molecule has 0 saturated carbocycles. The largest absolute Gasteiger partial charge is 0.399 e. The minimum absolute atomic E-state index is 0.211. The number of rotatable bonds is 5. The average molecular weight is 781 g/mol. The lowest BCUT2D eigenvalue weighted by Gasteiger charge is -2.24. The van der Waals surface area contributed by atoms with Crippen molar-refractivity contribution in [2.45, 2.75) is 0 Å². The first-order valence-electron chi connectivity index (χ1n) is 20.4. The smallest absolute Gasteiger partial charge is 0.0868 e. The third-order valence-corrected chi connectivity index (χ3v) is 11.6. The van der Waals surface area contributed by atoms with Gasteiger partial charge in [0.1, 0.15) is 0 Å². The van der Waals surface area contributed by atoms with Gasteiger partial charge in [-0.2, -0.15) is 0 Å². The molecule has 288 valence electrons. The molecule has 61 heavy (non-hydrogen) atoms. The monoisotopic (exact) mass is 780 g/mol. The number of hydrogen-bond acceptors (Lipinski definition) is 4. The average Bonchev–Trinajstić information content (AvgIpc) is 3.32. The Morgan fingerprint density at radius 3 is 1.18 bits per heavy atom. The van der Waals surface area contributed by atoms with Crippen LogP contribution in [0.2, 0.25) is 0 Å². The van der Waals surface area contributed by atoms with Crippen LogP contribution in [-0.2, 0) is 0 Å². The molecule has 1 heterocycles. The number of hydrogen-bond donors (Lipinski definition) is 3. The number of anilines is 1. The van der Waals surface area contributed by atoms with Crippen molar-refractivity contribution in [2.24, 2.45) is 0 Å². The summed E-state index contributed by atoms with van der Waals surface area (Å²) in [5.41, 5.74) is 17.7. The third kappa shape index (κ3) is 6.76. The van der Waals surface area contributed by atoms with E-state index < -0.39 is 0 Å². The van der Waals surface area contributed by atoms with Crippen molar-refractivity contribution in [3.05, 3.63) is 230 Å². The zero-order chi connectivity index (χ0) is 41.3. The third-order valence-electron chi connectivity index (χ3n) is 11.6. The maximum absolute atomic E-state index is 9.35. The fourth-order valence-corrected chi connectivity index (χ4v) is 8.94. The zero-order valence-electron chi connectivity index (χ0n) is 33.3. The van der Waals surface area contributed by atoms with Crippen LogP contribution < -0.4 is 5.73 Å². The summed E-state index contributed by atoms with van der Waals surface area (Å²) >= 11 is 0. The molecule has 0 aliphatic heterocycles. The highest BCUT2D eigenvalue weighted by Crippen LogP contribution is 2.46. The van der Waals surface area contributed by atoms with E-state index in [-0.39, 0.29) is 11.4 Å². The van der Waals surface area contributed by atoms with Crippen molar-refractivity contribution in [1.29, 1.82) is 10.8 Å². The molecule has 9 aromatic carbocycles. The first-order chi connectivity index (χ1) is 30.0. The number of pyridine rings is 1. The van der Waals surface area contributed by atoms with Crippen molar-refractivity contribution in [3.8, 4) is 33.4 Å². The first-order valence-corrected chi connectivity index (χ1v) is 20.4.